The van der Waals surface area contributed by atoms with Crippen molar-refractivity contribution in [1.82, 2.24) is 25.8 Å². The van der Waals surface area contributed by atoms with E-state index in [-0.39, 0.29) is 23.8 Å². The number of hydrogen-bond donors (Lipinski definition) is 4. The van der Waals surface area contributed by atoms with Crippen LogP contribution in [0.3, 0.4) is 0 Å². The summed E-state index contributed by atoms with van der Waals surface area (Å²) in [4.78, 5) is 72.5. The number of hydrogen-bond acceptors (Lipinski definition) is 5. The molecule has 4 N–H and O–H groups in total. The van der Waals surface area contributed by atoms with E-state index in [1.165, 1.54) is 0 Å². The molecule has 1 spiro atoms. The van der Waals surface area contributed by atoms with Gasteiger partial charge in [-0.25, -0.2) is 0 Å². The molecule has 1 aromatic carbocycles. The first kappa shape index (κ1) is 31.3. The van der Waals surface area contributed by atoms with E-state index >= 15 is 0 Å². The summed E-state index contributed by atoms with van der Waals surface area (Å²) in [5, 5.41) is 9.95. The van der Waals surface area contributed by atoms with Crippen molar-refractivity contribution in [2.45, 2.75) is 114 Å². The number of carbonyl (C=O) groups excluding carboxylic acids is 5. The summed E-state index contributed by atoms with van der Waals surface area (Å²) < 4.78 is 0. The lowest BCUT2D eigenvalue weighted by atomic mass is 9.78. The van der Waals surface area contributed by atoms with E-state index in [1.807, 2.05) is 24.3 Å². The first-order valence-electron chi connectivity index (χ1n) is 17.1. The lowest BCUT2D eigenvalue weighted by molar-refractivity contribution is -0.146. The van der Waals surface area contributed by atoms with Crippen LogP contribution in [0.15, 0.2) is 30.3 Å². The minimum absolute atomic E-state index is 0.0733. The Morgan fingerprint density at radius 2 is 1.58 bits per heavy atom. The number of nitrogens with zero attached hydrogens (tertiary/aromatic N) is 1. The Hall–Kier alpha value is -3.69. The molecule has 2 saturated heterocycles. The van der Waals surface area contributed by atoms with Crippen LogP contribution >= 0.6 is 0 Å². The topological polar surface area (TPSA) is 140 Å². The number of benzene rings is 1. The Labute approximate surface area is 264 Å². The van der Waals surface area contributed by atoms with Crippen LogP contribution in [0.25, 0.3) is 10.9 Å². The maximum atomic E-state index is 14.1. The summed E-state index contributed by atoms with van der Waals surface area (Å²) in [6, 6.07) is 7.34. The molecule has 45 heavy (non-hydrogen) atoms. The van der Waals surface area contributed by atoms with Crippen molar-refractivity contribution in [2.75, 3.05) is 13.1 Å². The summed E-state index contributed by atoms with van der Waals surface area (Å²) in [5.41, 5.74) is 0.927. The fourth-order valence-corrected chi connectivity index (χ4v) is 8.16. The monoisotopic (exact) mass is 617 g/mol. The molecule has 4 aliphatic rings. The Balaban J connectivity index is 1.21. The molecule has 6 rings (SSSR count). The number of fused-ring (bicyclic) bond motifs is 1. The zero-order chi connectivity index (χ0) is 31.4. The summed E-state index contributed by atoms with van der Waals surface area (Å²) in [6.45, 7) is 1.03. The molecule has 10 nitrogen and oxygen atoms in total. The van der Waals surface area contributed by atoms with Gasteiger partial charge in [0.1, 0.15) is 11.7 Å². The second-order valence-corrected chi connectivity index (χ2v) is 13.9. The molecule has 10 heteroatoms. The molecule has 2 aliphatic heterocycles. The van der Waals surface area contributed by atoms with Crippen molar-refractivity contribution in [3.8, 4) is 0 Å². The number of Topliss-reactive ketones (excluding diaryl/α,β-unsaturated/α-hetero) is 1. The number of aromatic nitrogens is 1. The number of H-pyrrole nitrogens is 1. The largest absolute Gasteiger partial charge is 0.351 e. The number of amides is 4. The maximum Gasteiger partial charge on any atom is 0.292 e. The lowest BCUT2D eigenvalue weighted by Gasteiger charge is -2.33. The van der Waals surface area contributed by atoms with Gasteiger partial charge in [0.05, 0.1) is 6.04 Å². The molecule has 2 saturated carbocycles. The van der Waals surface area contributed by atoms with Gasteiger partial charge in [0, 0.05) is 35.4 Å². The van der Waals surface area contributed by atoms with Crippen LogP contribution in [0.2, 0.25) is 0 Å². The van der Waals surface area contributed by atoms with Crippen LogP contribution in [0.5, 0.6) is 0 Å². The fraction of sp³-hybridized carbons (Fsp3) is 0.629. The van der Waals surface area contributed by atoms with Crippen molar-refractivity contribution in [3.05, 3.63) is 36.0 Å². The third kappa shape index (κ3) is 7.25. The number of ketones is 1. The van der Waals surface area contributed by atoms with E-state index in [0.29, 0.717) is 31.6 Å². The molecular formula is C35H47N5O5. The molecule has 4 amide bonds. The van der Waals surface area contributed by atoms with Crippen molar-refractivity contribution in [1.29, 1.82) is 0 Å². The second kappa shape index (κ2) is 13.7. The molecule has 2 aliphatic carbocycles. The summed E-state index contributed by atoms with van der Waals surface area (Å²) in [6.07, 6.45) is 13.2. The molecule has 4 fully saturated rings. The van der Waals surface area contributed by atoms with Crippen LogP contribution < -0.4 is 16.0 Å². The van der Waals surface area contributed by atoms with Crippen LogP contribution in [0, 0.1) is 11.8 Å². The third-order valence-corrected chi connectivity index (χ3v) is 10.7. The standard InChI is InChI=1S/C35H47N5O5/c41-30(34(45)40-17-9-10-18-40)27(21-25-22-35(39-31(25)42)15-7-2-8-16-35)37-32(43)28(19-23-11-3-1-4-12-23)38-33(44)29-20-24-13-5-6-14-26(24)36-29/h5-6,13-14,20,23,25,27-28,36H,1-4,7-12,15-19,21-22H2,(H,37,43)(H,38,44)(H,39,42)/t25?,27?,28-/m0/s1. The van der Waals surface area contributed by atoms with Gasteiger partial charge >= 0.3 is 0 Å². The summed E-state index contributed by atoms with van der Waals surface area (Å²) in [5.74, 6) is -2.47. The van der Waals surface area contributed by atoms with Gasteiger partial charge in [0.15, 0.2) is 0 Å². The fourth-order valence-electron chi connectivity index (χ4n) is 8.16. The van der Waals surface area contributed by atoms with E-state index < -0.39 is 41.5 Å². The van der Waals surface area contributed by atoms with E-state index in [2.05, 4.69) is 20.9 Å². The summed E-state index contributed by atoms with van der Waals surface area (Å²) in [7, 11) is 0. The van der Waals surface area contributed by atoms with Crippen LogP contribution in [-0.2, 0) is 19.2 Å². The van der Waals surface area contributed by atoms with Crippen molar-refractivity contribution >= 4 is 40.3 Å². The van der Waals surface area contributed by atoms with Gasteiger partial charge in [-0.1, -0.05) is 69.6 Å². The normalized spacial score (nSPS) is 23.1. The molecule has 2 aromatic rings. The number of para-hydroxylation sites is 1. The smallest absolute Gasteiger partial charge is 0.292 e. The predicted octanol–water partition coefficient (Wildman–Crippen LogP) is 4.14. The van der Waals surface area contributed by atoms with Gasteiger partial charge in [-0.2, -0.15) is 0 Å². The molecule has 3 atom stereocenters. The average Bonchev–Trinajstić information content (AvgIpc) is 3.80. The number of carbonyl (C=O) groups is 5. The Bertz CT molecular complexity index is 1380. The SMILES string of the molecule is O=C(N[C@@H](CC1CCCCC1)C(=O)NC(CC1CC2(CCCCC2)NC1=O)C(=O)C(=O)N1CCCC1)c1cc2ccccc2[nH]1. The third-order valence-electron chi connectivity index (χ3n) is 10.7. The second-order valence-electron chi connectivity index (χ2n) is 13.9. The Morgan fingerprint density at radius 1 is 0.867 bits per heavy atom. The zero-order valence-electron chi connectivity index (χ0n) is 26.2. The average molecular weight is 618 g/mol. The van der Waals surface area contributed by atoms with E-state index in [9.17, 15) is 24.0 Å². The Kier molecular flexibility index (Phi) is 9.56. The minimum atomic E-state index is -1.14. The zero-order valence-corrected chi connectivity index (χ0v) is 26.2. The first-order chi connectivity index (χ1) is 21.8. The molecular weight excluding hydrogens is 570 g/mol. The highest BCUT2D eigenvalue weighted by atomic mass is 16.2. The first-order valence-corrected chi connectivity index (χ1v) is 17.1. The van der Waals surface area contributed by atoms with E-state index in [0.717, 1.165) is 88.0 Å². The number of nitrogens with one attached hydrogen (secondary N) is 4. The van der Waals surface area contributed by atoms with Crippen LogP contribution in [0.4, 0.5) is 0 Å². The minimum Gasteiger partial charge on any atom is -0.351 e. The van der Waals surface area contributed by atoms with Gasteiger partial charge in [0.25, 0.3) is 11.8 Å². The lowest BCUT2D eigenvalue weighted by Crippen LogP contribution is -2.55. The van der Waals surface area contributed by atoms with Crippen molar-refractivity contribution in [2.24, 2.45) is 11.8 Å². The Morgan fingerprint density at radius 3 is 2.31 bits per heavy atom. The molecule has 1 aromatic heterocycles. The van der Waals surface area contributed by atoms with Gasteiger partial charge in [-0.05, 0) is 63.0 Å². The molecule has 0 radical (unpaired) electrons. The number of likely N-dealkylation sites (tertiary alicyclic amines) is 1. The van der Waals surface area contributed by atoms with Gasteiger partial charge in [-0.15, -0.1) is 0 Å². The van der Waals surface area contributed by atoms with Gasteiger partial charge < -0.3 is 25.8 Å². The molecule has 242 valence electrons. The quantitative estimate of drug-likeness (QED) is 0.297. The highest BCUT2D eigenvalue weighted by Gasteiger charge is 2.46. The predicted molar refractivity (Wildman–Crippen MR) is 170 cm³/mol. The van der Waals surface area contributed by atoms with Gasteiger partial charge in [-0.3, -0.25) is 24.0 Å². The molecule has 3 heterocycles. The van der Waals surface area contributed by atoms with E-state index in [4.69, 9.17) is 0 Å². The van der Waals surface area contributed by atoms with Crippen molar-refractivity contribution in [3.63, 3.8) is 0 Å². The van der Waals surface area contributed by atoms with Crippen LogP contribution in [0.1, 0.15) is 107 Å². The maximum absolute atomic E-state index is 14.1. The highest BCUT2D eigenvalue weighted by molar-refractivity contribution is 6.38. The summed E-state index contributed by atoms with van der Waals surface area (Å²) >= 11 is 0. The van der Waals surface area contributed by atoms with Crippen molar-refractivity contribution < 1.29 is 24.0 Å². The molecule has 2 unspecified atom stereocenters. The molecule has 0 bridgehead atoms. The van der Waals surface area contributed by atoms with Crippen LogP contribution in [-0.4, -0.2) is 70.0 Å². The number of rotatable bonds is 10. The van der Waals surface area contributed by atoms with E-state index in [1.54, 1.807) is 11.0 Å². The highest BCUT2D eigenvalue weighted by Crippen LogP contribution is 2.39. The number of aromatic amines is 1. The van der Waals surface area contributed by atoms with Gasteiger partial charge in [0.2, 0.25) is 17.6 Å².